The molecule has 2 N–H and O–H groups in total. The van der Waals surface area contributed by atoms with Crippen LogP contribution in [-0.4, -0.2) is 30.5 Å². The van der Waals surface area contributed by atoms with E-state index in [2.05, 4.69) is 0 Å². The number of aliphatic hydroxyl groups excluding tert-OH is 2. The minimum Gasteiger partial charge on any atom is -0.493 e. The summed E-state index contributed by atoms with van der Waals surface area (Å²) in [5.41, 5.74) is 0.782. The van der Waals surface area contributed by atoms with Crippen molar-refractivity contribution in [1.82, 2.24) is 0 Å². The fraction of sp³-hybridized carbons (Fsp3) is 0.538. The number of methoxy groups -OCH3 is 1. The zero-order chi connectivity index (χ0) is 12.8. The first-order valence-electron chi connectivity index (χ1n) is 5.68. The van der Waals surface area contributed by atoms with Crippen LogP contribution in [0.3, 0.4) is 0 Å². The minimum absolute atomic E-state index is 0.0798. The molecular formula is C13H20O4. The van der Waals surface area contributed by atoms with Gasteiger partial charge in [-0.25, -0.2) is 0 Å². The zero-order valence-corrected chi connectivity index (χ0v) is 10.5. The van der Waals surface area contributed by atoms with E-state index in [1.165, 1.54) is 0 Å². The molecule has 2 atom stereocenters. The molecule has 0 fully saturated rings. The summed E-state index contributed by atoms with van der Waals surface area (Å²) in [5, 5.41) is 18.4. The standard InChI is InChI=1S/C13H20O4/c1-9(7-14)8-17-12-5-4-11(10(2)15)6-13(12)16-3/h4-6,9-10,14-15H,7-8H2,1-3H3/t9?,10-/m0/s1. The van der Waals surface area contributed by atoms with Crippen molar-refractivity contribution in [2.45, 2.75) is 20.0 Å². The molecule has 1 unspecified atom stereocenters. The second-order valence-electron chi connectivity index (χ2n) is 4.19. The van der Waals surface area contributed by atoms with Gasteiger partial charge in [0.1, 0.15) is 0 Å². The van der Waals surface area contributed by atoms with E-state index in [9.17, 15) is 5.11 Å². The van der Waals surface area contributed by atoms with E-state index in [1.54, 1.807) is 32.2 Å². The quantitative estimate of drug-likeness (QED) is 0.795. The Morgan fingerprint density at radius 1 is 1.24 bits per heavy atom. The van der Waals surface area contributed by atoms with E-state index in [0.29, 0.717) is 18.1 Å². The van der Waals surface area contributed by atoms with Gasteiger partial charge in [0.05, 0.1) is 19.8 Å². The van der Waals surface area contributed by atoms with Gasteiger partial charge in [-0.2, -0.15) is 0 Å². The van der Waals surface area contributed by atoms with E-state index in [0.717, 1.165) is 5.56 Å². The van der Waals surface area contributed by atoms with Crippen LogP contribution in [0.4, 0.5) is 0 Å². The first-order valence-corrected chi connectivity index (χ1v) is 5.68. The van der Waals surface area contributed by atoms with Gasteiger partial charge in [-0.3, -0.25) is 0 Å². The molecule has 96 valence electrons. The van der Waals surface area contributed by atoms with Crippen molar-refractivity contribution in [2.75, 3.05) is 20.3 Å². The molecule has 0 spiro atoms. The van der Waals surface area contributed by atoms with Crippen LogP contribution >= 0.6 is 0 Å². The lowest BCUT2D eigenvalue weighted by Crippen LogP contribution is -2.12. The largest absolute Gasteiger partial charge is 0.493 e. The van der Waals surface area contributed by atoms with E-state index in [-0.39, 0.29) is 12.5 Å². The van der Waals surface area contributed by atoms with Gasteiger partial charge in [-0.1, -0.05) is 13.0 Å². The van der Waals surface area contributed by atoms with Crippen LogP contribution in [0, 0.1) is 5.92 Å². The Bertz CT molecular complexity index is 349. The molecule has 0 bridgehead atoms. The average molecular weight is 240 g/mol. The molecule has 0 saturated heterocycles. The number of rotatable bonds is 6. The Labute approximate surface area is 102 Å². The molecule has 1 rings (SSSR count). The molecule has 0 radical (unpaired) electrons. The monoisotopic (exact) mass is 240 g/mol. The lowest BCUT2D eigenvalue weighted by Gasteiger charge is -2.15. The number of hydrogen-bond acceptors (Lipinski definition) is 4. The van der Waals surface area contributed by atoms with Gasteiger partial charge in [0.25, 0.3) is 0 Å². The third-order valence-electron chi connectivity index (χ3n) is 2.51. The summed E-state index contributed by atoms with van der Waals surface area (Å²) >= 11 is 0. The SMILES string of the molecule is COc1cc([C@H](C)O)ccc1OCC(C)CO. The Kier molecular flexibility index (Phi) is 5.25. The Morgan fingerprint density at radius 3 is 2.47 bits per heavy atom. The third kappa shape index (κ3) is 3.91. The molecule has 0 aliphatic rings. The lowest BCUT2D eigenvalue weighted by atomic mass is 10.1. The number of ether oxygens (including phenoxy) is 2. The molecule has 17 heavy (non-hydrogen) atoms. The Hall–Kier alpha value is -1.26. The molecule has 0 aliphatic heterocycles. The van der Waals surface area contributed by atoms with Gasteiger partial charge in [-0.15, -0.1) is 0 Å². The summed E-state index contributed by atoms with van der Waals surface area (Å²) in [7, 11) is 1.56. The zero-order valence-electron chi connectivity index (χ0n) is 10.5. The summed E-state index contributed by atoms with van der Waals surface area (Å²) in [6, 6.07) is 5.32. The van der Waals surface area contributed by atoms with Crippen molar-refractivity contribution in [3.8, 4) is 11.5 Å². The number of benzene rings is 1. The first-order chi connectivity index (χ1) is 8.08. The van der Waals surface area contributed by atoms with Crippen LogP contribution in [0.1, 0.15) is 25.5 Å². The van der Waals surface area contributed by atoms with E-state index >= 15 is 0 Å². The van der Waals surface area contributed by atoms with Crippen LogP contribution in [0.25, 0.3) is 0 Å². The summed E-state index contributed by atoms with van der Waals surface area (Å²) in [6.07, 6.45) is -0.533. The molecule has 0 amide bonds. The smallest absolute Gasteiger partial charge is 0.161 e. The maximum absolute atomic E-state index is 9.46. The third-order valence-corrected chi connectivity index (χ3v) is 2.51. The summed E-state index contributed by atoms with van der Waals surface area (Å²) in [4.78, 5) is 0. The van der Waals surface area contributed by atoms with Gasteiger partial charge < -0.3 is 19.7 Å². The highest BCUT2D eigenvalue weighted by Gasteiger charge is 2.10. The van der Waals surface area contributed by atoms with Crippen LogP contribution < -0.4 is 9.47 Å². The predicted octanol–water partition coefficient (Wildman–Crippen LogP) is 1.76. The second kappa shape index (κ2) is 6.47. The molecule has 4 heteroatoms. The van der Waals surface area contributed by atoms with Crippen molar-refractivity contribution >= 4 is 0 Å². The van der Waals surface area contributed by atoms with E-state index < -0.39 is 6.10 Å². The van der Waals surface area contributed by atoms with Crippen LogP contribution in [0.2, 0.25) is 0 Å². The van der Waals surface area contributed by atoms with Gasteiger partial charge in [0, 0.05) is 12.5 Å². The highest BCUT2D eigenvalue weighted by atomic mass is 16.5. The second-order valence-corrected chi connectivity index (χ2v) is 4.19. The van der Waals surface area contributed by atoms with E-state index in [1.807, 2.05) is 6.92 Å². The van der Waals surface area contributed by atoms with Gasteiger partial charge in [-0.05, 0) is 24.6 Å². The topological polar surface area (TPSA) is 58.9 Å². The van der Waals surface area contributed by atoms with Crippen molar-refractivity contribution in [3.63, 3.8) is 0 Å². The summed E-state index contributed by atoms with van der Waals surface area (Å²) in [6.45, 7) is 4.12. The molecule has 0 aromatic heterocycles. The van der Waals surface area contributed by atoms with Gasteiger partial charge in [0.2, 0.25) is 0 Å². The molecule has 0 heterocycles. The molecular weight excluding hydrogens is 220 g/mol. The van der Waals surface area contributed by atoms with Gasteiger partial charge in [0.15, 0.2) is 11.5 Å². The minimum atomic E-state index is -0.533. The molecule has 1 aromatic rings. The van der Waals surface area contributed by atoms with Crippen molar-refractivity contribution in [2.24, 2.45) is 5.92 Å². The van der Waals surface area contributed by atoms with Crippen LogP contribution in [-0.2, 0) is 0 Å². The van der Waals surface area contributed by atoms with Crippen molar-refractivity contribution in [3.05, 3.63) is 23.8 Å². The average Bonchev–Trinajstić information content (AvgIpc) is 2.35. The van der Waals surface area contributed by atoms with Crippen molar-refractivity contribution < 1.29 is 19.7 Å². The number of hydrogen-bond donors (Lipinski definition) is 2. The molecule has 0 saturated carbocycles. The normalized spacial score (nSPS) is 14.2. The Morgan fingerprint density at radius 2 is 1.94 bits per heavy atom. The summed E-state index contributed by atoms with van der Waals surface area (Å²) in [5.74, 6) is 1.29. The molecule has 0 aliphatic carbocycles. The predicted molar refractivity (Wildman–Crippen MR) is 65.4 cm³/mol. The first kappa shape index (κ1) is 13.8. The Balaban J connectivity index is 2.78. The summed E-state index contributed by atoms with van der Waals surface area (Å²) < 4.78 is 10.8. The fourth-order valence-corrected chi connectivity index (χ4v) is 1.35. The van der Waals surface area contributed by atoms with Gasteiger partial charge >= 0.3 is 0 Å². The van der Waals surface area contributed by atoms with Crippen LogP contribution in [0.5, 0.6) is 11.5 Å². The van der Waals surface area contributed by atoms with Crippen LogP contribution in [0.15, 0.2) is 18.2 Å². The highest BCUT2D eigenvalue weighted by molar-refractivity contribution is 5.43. The maximum Gasteiger partial charge on any atom is 0.161 e. The van der Waals surface area contributed by atoms with E-state index in [4.69, 9.17) is 14.6 Å². The maximum atomic E-state index is 9.46. The molecule has 4 nitrogen and oxygen atoms in total. The number of aliphatic hydroxyl groups is 2. The lowest BCUT2D eigenvalue weighted by molar-refractivity contribution is 0.170. The highest BCUT2D eigenvalue weighted by Crippen LogP contribution is 2.30. The fourth-order valence-electron chi connectivity index (χ4n) is 1.35. The molecule has 1 aromatic carbocycles. The van der Waals surface area contributed by atoms with Crippen molar-refractivity contribution in [1.29, 1.82) is 0 Å².